The summed E-state index contributed by atoms with van der Waals surface area (Å²) in [5.74, 6) is -1.06. The third kappa shape index (κ3) is 8.51. The van der Waals surface area contributed by atoms with Crippen molar-refractivity contribution < 1.29 is 27.1 Å². The van der Waals surface area contributed by atoms with Crippen LogP contribution in [0.2, 0.25) is 5.02 Å². The molecule has 0 spiro atoms. The zero-order valence-corrected chi connectivity index (χ0v) is 24.1. The van der Waals surface area contributed by atoms with E-state index < -0.39 is 34.4 Å². The fraction of sp³-hybridized carbons (Fsp3) is 0.167. The number of aromatic nitrogens is 1. The first-order valence-corrected chi connectivity index (χ1v) is 14.7. The first-order chi connectivity index (χ1) is 20.1. The molecule has 0 saturated heterocycles. The Morgan fingerprint density at radius 3 is 2.31 bits per heavy atom. The average Bonchev–Trinajstić information content (AvgIpc) is 3.00. The van der Waals surface area contributed by atoms with Gasteiger partial charge >= 0.3 is 0 Å². The number of ether oxygens (including phenoxy) is 1. The molecule has 3 aromatic carbocycles. The predicted molar refractivity (Wildman–Crippen MR) is 157 cm³/mol. The van der Waals surface area contributed by atoms with Crippen LogP contribution in [-0.2, 0) is 32.7 Å². The van der Waals surface area contributed by atoms with Gasteiger partial charge in [0, 0.05) is 23.5 Å². The molecule has 0 bridgehead atoms. The molecule has 9 nitrogen and oxygen atoms in total. The Morgan fingerprint density at radius 1 is 0.976 bits per heavy atom. The molecule has 4 rings (SSSR count). The van der Waals surface area contributed by atoms with Gasteiger partial charge < -0.3 is 15.0 Å². The molecule has 12 heteroatoms. The van der Waals surface area contributed by atoms with Gasteiger partial charge in [0.25, 0.3) is 15.9 Å². The lowest BCUT2D eigenvalue weighted by Gasteiger charge is -2.28. The van der Waals surface area contributed by atoms with E-state index in [2.05, 4.69) is 15.0 Å². The van der Waals surface area contributed by atoms with E-state index in [1.54, 1.807) is 49.5 Å². The van der Waals surface area contributed by atoms with Crippen molar-refractivity contribution in [1.29, 1.82) is 0 Å². The van der Waals surface area contributed by atoms with Gasteiger partial charge in [-0.15, -0.1) is 0 Å². The van der Waals surface area contributed by atoms with E-state index in [1.807, 2.05) is 6.07 Å². The standard InChI is InChI=1S/C30H28ClFN4O5S/c1-21(30(38)34-18-26-4-2-3-17-33-26)36(19-22-5-7-23(31)8-6-22)29(37)20-41-27-13-15-28(16-14-27)42(39,40)35-25-11-9-24(32)10-12-25/h2-17,21,35H,18-20H2,1H3,(H,34,38). The quantitative estimate of drug-likeness (QED) is 0.238. The molecule has 0 aliphatic rings. The van der Waals surface area contributed by atoms with Crippen molar-refractivity contribution >= 4 is 39.1 Å². The summed E-state index contributed by atoms with van der Waals surface area (Å²) in [4.78, 5) is 31.8. The average molecular weight is 611 g/mol. The summed E-state index contributed by atoms with van der Waals surface area (Å²) in [6.07, 6.45) is 1.63. The van der Waals surface area contributed by atoms with Crippen LogP contribution in [0.25, 0.3) is 0 Å². The van der Waals surface area contributed by atoms with Crippen LogP contribution in [0.1, 0.15) is 18.2 Å². The summed E-state index contributed by atoms with van der Waals surface area (Å²) in [5.41, 5.74) is 1.65. The largest absolute Gasteiger partial charge is 0.484 e. The van der Waals surface area contributed by atoms with E-state index in [4.69, 9.17) is 16.3 Å². The molecule has 1 heterocycles. The van der Waals surface area contributed by atoms with Crippen LogP contribution < -0.4 is 14.8 Å². The Labute approximate surface area is 248 Å². The highest BCUT2D eigenvalue weighted by Gasteiger charge is 2.26. The number of pyridine rings is 1. The van der Waals surface area contributed by atoms with Crippen LogP contribution >= 0.6 is 11.6 Å². The summed E-state index contributed by atoms with van der Waals surface area (Å²) in [7, 11) is -3.93. The maximum absolute atomic E-state index is 13.3. The minimum absolute atomic E-state index is 0.0481. The summed E-state index contributed by atoms with van der Waals surface area (Å²) < 4.78 is 46.5. The van der Waals surface area contributed by atoms with Crippen molar-refractivity contribution in [2.75, 3.05) is 11.3 Å². The molecular formula is C30H28ClFN4O5S. The lowest BCUT2D eigenvalue weighted by atomic mass is 10.1. The van der Waals surface area contributed by atoms with Gasteiger partial charge in [-0.2, -0.15) is 0 Å². The number of benzene rings is 3. The number of carbonyl (C=O) groups is 2. The van der Waals surface area contributed by atoms with E-state index in [1.165, 1.54) is 41.3 Å². The van der Waals surface area contributed by atoms with Gasteiger partial charge in [0.15, 0.2) is 6.61 Å². The molecule has 0 fully saturated rings. The fourth-order valence-corrected chi connectivity index (χ4v) is 5.06. The van der Waals surface area contributed by atoms with Crippen molar-refractivity contribution in [2.45, 2.75) is 31.0 Å². The number of rotatable bonds is 12. The molecule has 1 unspecified atom stereocenters. The number of amides is 2. The maximum Gasteiger partial charge on any atom is 0.261 e. The van der Waals surface area contributed by atoms with Gasteiger partial charge in [0.1, 0.15) is 17.6 Å². The second kappa shape index (κ2) is 13.9. The van der Waals surface area contributed by atoms with Crippen molar-refractivity contribution in [3.8, 4) is 5.75 Å². The van der Waals surface area contributed by atoms with Gasteiger partial charge in [-0.1, -0.05) is 29.8 Å². The van der Waals surface area contributed by atoms with Crippen molar-refractivity contribution in [3.63, 3.8) is 0 Å². The summed E-state index contributed by atoms with van der Waals surface area (Å²) in [6, 6.07) is 21.8. The Morgan fingerprint density at radius 2 is 1.67 bits per heavy atom. The van der Waals surface area contributed by atoms with E-state index >= 15 is 0 Å². The number of hydrogen-bond donors (Lipinski definition) is 2. The molecule has 0 radical (unpaired) electrons. The lowest BCUT2D eigenvalue weighted by molar-refractivity contribution is -0.142. The van der Waals surface area contributed by atoms with E-state index in [-0.39, 0.29) is 35.3 Å². The molecule has 218 valence electrons. The molecule has 1 atom stereocenters. The normalized spacial score (nSPS) is 11.8. The number of nitrogens with zero attached hydrogens (tertiary/aromatic N) is 2. The Kier molecular flexibility index (Phi) is 10.1. The molecular weight excluding hydrogens is 583 g/mol. The molecule has 4 aromatic rings. The molecule has 2 N–H and O–H groups in total. The highest BCUT2D eigenvalue weighted by molar-refractivity contribution is 7.92. The summed E-state index contributed by atoms with van der Waals surface area (Å²) in [5, 5.41) is 3.35. The second-order valence-electron chi connectivity index (χ2n) is 9.24. The SMILES string of the molecule is CC(C(=O)NCc1ccccn1)N(Cc1ccc(Cl)cc1)C(=O)COc1ccc(S(=O)(=O)Nc2ccc(F)cc2)cc1. The fourth-order valence-electron chi connectivity index (χ4n) is 3.87. The van der Waals surface area contributed by atoms with Gasteiger partial charge in [-0.25, -0.2) is 12.8 Å². The van der Waals surface area contributed by atoms with Crippen LogP contribution in [0, 0.1) is 5.82 Å². The van der Waals surface area contributed by atoms with Crippen LogP contribution in [0.3, 0.4) is 0 Å². The van der Waals surface area contributed by atoms with Crippen molar-refractivity contribution in [1.82, 2.24) is 15.2 Å². The number of carbonyl (C=O) groups excluding carboxylic acids is 2. The first-order valence-electron chi connectivity index (χ1n) is 12.8. The number of sulfonamides is 1. The number of nitrogens with one attached hydrogen (secondary N) is 2. The van der Waals surface area contributed by atoms with E-state index in [0.717, 1.165) is 17.7 Å². The summed E-state index contributed by atoms with van der Waals surface area (Å²) in [6.45, 7) is 1.55. The minimum Gasteiger partial charge on any atom is -0.484 e. The topological polar surface area (TPSA) is 118 Å². The van der Waals surface area contributed by atoms with Crippen molar-refractivity contribution in [2.24, 2.45) is 0 Å². The van der Waals surface area contributed by atoms with Crippen LogP contribution in [-0.4, -0.2) is 42.8 Å². The third-order valence-corrected chi connectivity index (χ3v) is 7.85. The van der Waals surface area contributed by atoms with Gasteiger partial charge in [-0.3, -0.25) is 19.3 Å². The molecule has 0 saturated carbocycles. The molecule has 2 amide bonds. The molecule has 0 aliphatic heterocycles. The zero-order valence-electron chi connectivity index (χ0n) is 22.5. The number of anilines is 1. The first kappa shape index (κ1) is 30.5. The molecule has 1 aromatic heterocycles. The maximum atomic E-state index is 13.3. The van der Waals surface area contributed by atoms with Gasteiger partial charge in [-0.05, 0) is 85.3 Å². The number of hydrogen-bond acceptors (Lipinski definition) is 6. The van der Waals surface area contributed by atoms with Gasteiger partial charge in [0.2, 0.25) is 5.91 Å². The third-order valence-electron chi connectivity index (χ3n) is 6.20. The monoisotopic (exact) mass is 610 g/mol. The van der Waals surface area contributed by atoms with Crippen LogP contribution in [0.15, 0.2) is 102 Å². The number of halogens is 2. The summed E-state index contributed by atoms with van der Waals surface area (Å²) >= 11 is 6.00. The minimum atomic E-state index is -3.93. The Bertz CT molecular complexity index is 1600. The molecule has 0 aliphatic carbocycles. The van der Waals surface area contributed by atoms with Crippen LogP contribution in [0.4, 0.5) is 10.1 Å². The predicted octanol–water partition coefficient (Wildman–Crippen LogP) is 4.79. The Hall–Kier alpha value is -4.48. The Balaban J connectivity index is 1.41. The smallest absolute Gasteiger partial charge is 0.261 e. The zero-order chi connectivity index (χ0) is 30.1. The lowest BCUT2D eigenvalue weighted by Crippen LogP contribution is -2.48. The molecule has 42 heavy (non-hydrogen) atoms. The van der Waals surface area contributed by atoms with Gasteiger partial charge in [0.05, 0.1) is 17.1 Å². The van der Waals surface area contributed by atoms with E-state index in [0.29, 0.717) is 10.7 Å². The van der Waals surface area contributed by atoms with E-state index in [9.17, 15) is 22.4 Å². The highest BCUT2D eigenvalue weighted by Crippen LogP contribution is 2.20. The van der Waals surface area contributed by atoms with Crippen molar-refractivity contribution in [3.05, 3.63) is 119 Å². The van der Waals surface area contributed by atoms with Crippen LogP contribution in [0.5, 0.6) is 5.75 Å². The highest BCUT2D eigenvalue weighted by atomic mass is 35.5. The second-order valence-corrected chi connectivity index (χ2v) is 11.4.